The molecular weight excluding hydrogens is 646 g/mol. The van der Waals surface area contributed by atoms with Gasteiger partial charge in [0, 0.05) is 32.5 Å². The lowest BCUT2D eigenvalue weighted by molar-refractivity contribution is -0.143. The lowest BCUT2D eigenvalue weighted by Crippen LogP contribution is -2.32. The molecular formula is C42H75NO8. The number of esters is 2. The van der Waals surface area contributed by atoms with Crippen LogP contribution in [0.15, 0.2) is 24.3 Å². The number of unbranched alkanes of at least 4 members (excludes halogenated alkanes) is 12. The van der Waals surface area contributed by atoms with Crippen molar-refractivity contribution in [2.75, 3.05) is 59.8 Å². The molecule has 296 valence electrons. The molecule has 0 spiro atoms. The lowest BCUT2D eigenvalue weighted by Gasteiger charge is -2.30. The van der Waals surface area contributed by atoms with Gasteiger partial charge >= 0.3 is 11.9 Å². The molecule has 0 radical (unpaired) electrons. The zero-order valence-electron chi connectivity index (χ0n) is 32.8. The molecule has 0 aromatic carbocycles. The standard InChI is InChI=1S/C42H75NO8/c1-4-6-8-10-12-14-22-32-48-40(44)24-18-16-20-30-46-35-38-39(51-42(50-38)34-37-26-28-43(3)29-27-37)36-47-31-21-17-19-25-41(45)49-33-23-15-13-11-9-7-5-2/h14-15,22-23,37-39,42H,4-13,16-21,24-36H2,1-3H3/b22-14-,23-15-. The molecule has 0 aliphatic carbocycles. The molecule has 2 saturated heterocycles. The highest BCUT2D eigenvalue weighted by Crippen LogP contribution is 2.29. The third-order valence-electron chi connectivity index (χ3n) is 9.80. The fourth-order valence-electron chi connectivity index (χ4n) is 6.45. The van der Waals surface area contributed by atoms with Gasteiger partial charge in [-0.2, -0.15) is 0 Å². The first-order valence-electron chi connectivity index (χ1n) is 20.8. The van der Waals surface area contributed by atoms with Gasteiger partial charge in [0.15, 0.2) is 6.29 Å². The maximum atomic E-state index is 12.0. The van der Waals surface area contributed by atoms with E-state index >= 15 is 0 Å². The lowest BCUT2D eigenvalue weighted by atomic mass is 9.94. The number of hydrogen-bond donors (Lipinski definition) is 0. The highest BCUT2D eigenvalue weighted by Gasteiger charge is 2.37. The third kappa shape index (κ3) is 25.0. The minimum absolute atomic E-state index is 0.129. The van der Waals surface area contributed by atoms with E-state index in [4.69, 9.17) is 28.4 Å². The first-order valence-corrected chi connectivity index (χ1v) is 20.8. The van der Waals surface area contributed by atoms with Crippen LogP contribution in [0.2, 0.25) is 0 Å². The molecule has 0 aromatic heterocycles. The van der Waals surface area contributed by atoms with E-state index in [-0.39, 0.29) is 30.4 Å². The van der Waals surface area contributed by atoms with Gasteiger partial charge in [-0.25, -0.2) is 0 Å². The predicted molar refractivity (Wildman–Crippen MR) is 205 cm³/mol. The summed E-state index contributed by atoms with van der Waals surface area (Å²) in [5, 5.41) is 0. The number of piperidine rings is 1. The summed E-state index contributed by atoms with van der Waals surface area (Å²) in [5.41, 5.74) is 0. The molecule has 2 fully saturated rings. The molecule has 9 heteroatoms. The number of likely N-dealkylation sites (tertiary alicyclic amines) is 1. The van der Waals surface area contributed by atoms with Crippen LogP contribution in [0.1, 0.15) is 149 Å². The SMILES string of the molecule is CCCCCC/C=C\COC(=O)CCCCCOCC1OC(CC2CCN(C)CC2)OC1COCCCCCC(=O)OC/C=C\CCCCCC. The van der Waals surface area contributed by atoms with Gasteiger partial charge in [0.1, 0.15) is 25.4 Å². The highest BCUT2D eigenvalue weighted by atomic mass is 16.7. The zero-order chi connectivity index (χ0) is 36.6. The molecule has 2 unspecified atom stereocenters. The van der Waals surface area contributed by atoms with Gasteiger partial charge in [0.2, 0.25) is 0 Å². The van der Waals surface area contributed by atoms with Gasteiger partial charge in [0.25, 0.3) is 0 Å². The molecule has 2 heterocycles. The van der Waals surface area contributed by atoms with Gasteiger partial charge in [-0.1, -0.05) is 89.5 Å². The number of nitrogens with zero attached hydrogens (tertiary/aromatic N) is 1. The molecule has 2 aliphatic rings. The Hall–Kier alpha value is -1.78. The fraction of sp³-hybridized carbons (Fsp3) is 0.857. The van der Waals surface area contributed by atoms with E-state index in [9.17, 15) is 9.59 Å². The summed E-state index contributed by atoms with van der Waals surface area (Å²) in [5.74, 6) is 0.357. The van der Waals surface area contributed by atoms with Crippen molar-refractivity contribution < 1.29 is 38.0 Å². The van der Waals surface area contributed by atoms with Crippen molar-refractivity contribution in [3.05, 3.63) is 24.3 Å². The number of ether oxygens (including phenoxy) is 6. The first-order chi connectivity index (χ1) is 25.0. The molecule has 0 saturated carbocycles. The summed E-state index contributed by atoms with van der Waals surface area (Å²) < 4.78 is 35.5. The van der Waals surface area contributed by atoms with Crippen molar-refractivity contribution in [1.29, 1.82) is 0 Å². The number of hydrogen-bond acceptors (Lipinski definition) is 9. The summed E-state index contributed by atoms with van der Waals surface area (Å²) in [6.45, 7) is 9.62. The van der Waals surface area contributed by atoms with E-state index < -0.39 is 0 Å². The van der Waals surface area contributed by atoms with Crippen molar-refractivity contribution in [3.8, 4) is 0 Å². The van der Waals surface area contributed by atoms with Crippen LogP contribution in [0.4, 0.5) is 0 Å². The Kier molecular flexibility index (Phi) is 28.2. The molecule has 2 atom stereocenters. The molecule has 0 amide bonds. The van der Waals surface area contributed by atoms with Crippen LogP contribution in [0, 0.1) is 5.92 Å². The van der Waals surface area contributed by atoms with Crippen molar-refractivity contribution in [3.63, 3.8) is 0 Å². The Morgan fingerprint density at radius 2 is 1.10 bits per heavy atom. The Bertz CT molecular complexity index is 843. The smallest absolute Gasteiger partial charge is 0.306 e. The number of carbonyl (C=O) groups is 2. The molecule has 9 nitrogen and oxygen atoms in total. The van der Waals surface area contributed by atoms with Gasteiger partial charge < -0.3 is 33.3 Å². The minimum Gasteiger partial charge on any atom is -0.461 e. The van der Waals surface area contributed by atoms with Crippen LogP contribution < -0.4 is 0 Å². The van der Waals surface area contributed by atoms with Crippen LogP contribution in [0.5, 0.6) is 0 Å². The van der Waals surface area contributed by atoms with Crippen LogP contribution in [0.25, 0.3) is 0 Å². The van der Waals surface area contributed by atoms with Crippen molar-refractivity contribution >= 4 is 11.9 Å². The highest BCUT2D eigenvalue weighted by molar-refractivity contribution is 5.69. The van der Waals surface area contributed by atoms with Gasteiger partial charge in [0.05, 0.1) is 13.2 Å². The van der Waals surface area contributed by atoms with E-state index in [1.165, 1.54) is 64.2 Å². The molecule has 0 aromatic rings. The van der Waals surface area contributed by atoms with Crippen LogP contribution in [0.3, 0.4) is 0 Å². The maximum absolute atomic E-state index is 12.0. The van der Waals surface area contributed by atoms with Crippen molar-refractivity contribution in [2.24, 2.45) is 5.92 Å². The summed E-state index contributed by atoms with van der Waals surface area (Å²) in [6.07, 6.45) is 29.1. The van der Waals surface area contributed by atoms with Crippen LogP contribution in [-0.2, 0) is 38.0 Å². The number of allylic oxidation sites excluding steroid dienone is 2. The second-order valence-electron chi connectivity index (χ2n) is 14.5. The van der Waals surface area contributed by atoms with Crippen molar-refractivity contribution in [1.82, 2.24) is 4.90 Å². The quantitative estimate of drug-likeness (QED) is 0.0383. The summed E-state index contributed by atoms with van der Waals surface area (Å²) >= 11 is 0. The number of rotatable bonds is 32. The third-order valence-corrected chi connectivity index (χ3v) is 9.80. The predicted octanol–water partition coefficient (Wildman–Crippen LogP) is 9.12. The normalized spacial score (nSPS) is 20.2. The Labute approximate surface area is 311 Å². The average molecular weight is 722 g/mol. The Morgan fingerprint density at radius 3 is 1.57 bits per heavy atom. The molecule has 0 bridgehead atoms. The summed E-state index contributed by atoms with van der Waals surface area (Å²) in [4.78, 5) is 26.4. The van der Waals surface area contributed by atoms with E-state index in [0.717, 1.165) is 70.9 Å². The fourth-order valence-corrected chi connectivity index (χ4v) is 6.45. The summed E-state index contributed by atoms with van der Waals surface area (Å²) in [6, 6.07) is 0. The van der Waals surface area contributed by atoms with Crippen LogP contribution in [-0.4, -0.2) is 95.1 Å². The second kappa shape index (κ2) is 31.7. The molecule has 2 aliphatic heterocycles. The zero-order valence-corrected chi connectivity index (χ0v) is 32.8. The Morgan fingerprint density at radius 1 is 0.627 bits per heavy atom. The molecule has 2 rings (SSSR count). The van der Waals surface area contributed by atoms with E-state index in [0.29, 0.717) is 58.4 Å². The van der Waals surface area contributed by atoms with E-state index in [1.54, 1.807) is 0 Å². The van der Waals surface area contributed by atoms with Gasteiger partial charge in [-0.05, 0) is 90.3 Å². The molecule has 0 N–H and O–H groups in total. The first kappa shape index (κ1) is 45.4. The Balaban J connectivity index is 1.57. The average Bonchev–Trinajstić information content (AvgIpc) is 3.51. The second-order valence-corrected chi connectivity index (χ2v) is 14.5. The van der Waals surface area contributed by atoms with Gasteiger partial charge in [-0.15, -0.1) is 0 Å². The largest absolute Gasteiger partial charge is 0.461 e. The summed E-state index contributed by atoms with van der Waals surface area (Å²) in [7, 11) is 2.18. The maximum Gasteiger partial charge on any atom is 0.306 e. The molecule has 51 heavy (non-hydrogen) atoms. The van der Waals surface area contributed by atoms with Crippen molar-refractivity contribution in [2.45, 2.75) is 167 Å². The topological polar surface area (TPSA) is 92.8 Å². The van der Waals surface area contributed by atoms with E-state index in [2.05, 4.69) is 37.9 Å². The number of carbonyl (C=O) groups excluding carboxylic acids is 2. The van der Waals surface area contributed by atoms with Gasteiger partial charge in [-0.3, -0.25) is 9.59 Å². The van der Waals surface area contributed by atoms with Crippen LogP contribution >= 0.6 is 0 Å². The monoisotopic (exact) mass is 722 g/mol. The van der Waals surface area contributed by atoms with E-state index in [1.807, 2.05) is 12.2 Å². The minimum atomic E-state index is -0.218.